The van der Waals surface area contributed by atoms with Crippen molar-refractivity contribution < 1.29 is 28.8 Å². The predicted octanol–water partition coefficient (Wildman–Crippen LogP) is 5.78. The van der Waals surface area contributed by atoms with Crippen molar-refractivity contribution >= 4 is 35.1 Å². The van der Waals surface area contributed by atoms with Crippen LogP contribution in [0.1, 0.15) is 150 Å². The number of carbonyl (C=O) groups excluding carboxylic acids is 6. The summed E-state index contributed by atoms with van der Waals surface area (Å²) in [6.07, 6.45) is 14.9. The summed E-state index contributed by atoms with van der Waals surface area (Å²) >= 11 is 0. The molecule has 1 unspecified atom stereocenters. The summed E-state index contributed by atoms with van der Waals surface area (Å²) in [4.78, 5) is 87.2. The fraction of sp³-hybridized carbons (Fsp3) is 0.864. The molecule has 3 N–H and O–H groups in total. The van der Waals surface area contributed by atoms with Crippen molar-refractivity contribution in [1.29, 1.82) is 0 Å². The Morgan fingerprint density at radius 3 is 2.02 bits per heavy atom. The van der Waals surface area contributed by atoms with E-state index in [0.717, 1.165) is 90.0 Å². The van der Waals surface area contributed by atoms with Crippen LogP contribution in [0, 0.1) is 51.2 Å². The van der Waals surface area contributed by atoms with Gasteiger partial charge in [0.2, 0.25) is 17.6 Å². The summed E-state index contributed by atoms with van der Waals surface area (Å²) < 4.78 is 0. The van der Waals surface area contributed by atoms with Crippen LogP contribution in [0.15, 0.2) is 0 Å². The molecule has 5 aliphatic carbocycles. The first-order valence-corrected chi connectivity index (χ1v) is 21.7. The third kappa shape index (κ3) is 6.90. The van der Waals surface area contributed by atoms with Gasteiger partial charge in [0.1, 0.15) is 5.78 Å². The number of ketones is 3. The summed E-state index contributed by atoms with van der Waals surface area (Å²) in [5.41, 5.74) is 4.83. The highest BCUT2D eigenvalue weighted by atomic mass is 16.2. The van der Waals surface area contributed by atoms with Gasteiger partial charge >= 0.3 is 0 Å². The third-order valence-electron chi connectivity index (χ3n) is 16.7. The topological polar surface area (TPSA) is 147 Å². The lowest BCUT2D eigenvalue weighted by atomic mass is 9.73. The molecule has 10 nitrogen and oxygen atoms in total. The molecular weight excluding hydrogens is 681 g/mol. The van der Waals surface area contributed by atoms with E-state index in [9.17, 15) is 24.0 Å². The number of hydrogen-bond acceptors (Lipinski definition) is 7. The SMILES string of the molecule is CC(C)(C)[C@H](CC(=O)C[C@H](C(=O)N1CCNC2(CC2)C1)C1CCCCC1)C(=O)N1C[C@]2(C[C@H]1C(=O)CC(CC1CCC1)C(=O)C(N)=O)C(C)(C)C21CCC1. The largest absolute Gasteiger partial charge is 0.363 e. The molecule has 5 atom stereocenters. The molecular formula is C44H68N4O6. The first kappa shape index (κ1) is 39.6. The van der Waals surface area contributed by atoms with E-state index in [1.54, 1.807) is 4.90 Å². The second kappa shape index (κ2) is 14.4. The van der Waals surface area contributed by atoms with Crippen molar-refractivity contribution in [3.8, 4) is 0 Å². The lowest BCUT2D eigenvalue weighted by Gasteiger charge is -2.39. The molecule has 5 saturated carbocycles. The van der Waals surface area contributed by atoms with Crippen molar-refractivity contribution in [3.63, 3.8) is 0 Å². The van der Waals surface area contributed by atoms with Crippen molar-refractivity contribution in [3.05, 3.63) is 0 Å². The van der Waals surface area contributed by atoms with E-state index in [2.05, 4.69) is 19.2 Å². The molecule has 7 aliphatic rings. The summed E-state index contributed by atoms with van der Waals surface area (Å²) in [6, 6.07) is -0.708. The Morgan fingerprint density at radius 2 is 1.48 bits per heavy atom. The average Bonchev–Trinajstić information content (AvgIpc) is 3.84. The number of Topliss-reactive ketones (excluding diaryl/α,β-unsaturated/α-hetero) is 3. The molecule has 7 rings (SSSR count). The standard InChI is InChI=1S/C44H68N4O6/c1-40(2,3)33(24-31(49)23-32(29-13-7-6-8-14-29)38(53)47-20-19-46-42(26-47)17-18-42)39(54)48-27-44(41(4,5)43(44)15-10-16-43)25-34(48)35(50)22-30(36(51)37(45)52)21-28-11-9-12-28/h28-30,32-34,46H,6-27H2,1-5H3,(H2,45,52)/t30?,32-,33+,34-,44+/m0/s1. The fourth-order valence-electron chi connectivity index (χ4n) is 12.5. The maximum absolute atomic E-state index is 15.1. The van der Waals surface area contributed by atoms with Crippen molar-refractivity contribution in [2.24, 2.45) is 57.0 Å². The smallest absolute Gasteiger partial charge is 0.285 e. The average molecular weight is 749 g/mol. The van der Waals surface area contributed by atoms with Gasteiger partial charge in [-0.1, -0.05) is 79.6 Å². The minimum atomic E-state index is -1.000. The molecule has 2 aliphatic heterocycles. The number of nitrogens with one attached hydrogen (secondary N) is 1. The maximum atomic E-state index is 15.1. The van der Waals surface area contributed by atoms with Crippen LogP contribution in [0.25, 0.3) is 0 Å². The van der Waals surface area contributed by atoms with Crippen LogP contribution in [-0.4, -0.2) is 82.6 Å². The number of rotatable bonds is 14. The van der Waals surface area contributed by atoms with Gasteiger partial charge < -0.3 is 20.9 Å². The molecule has 0 aromatic carbocycles. The fourth-order valence-corrected chi connectivity index (χ4v) is 12.5. The monoisotopic (exact) mass is 749 g/mol. The Morgan fingerprint density at radius 1 is 0.796 bits per heavy atom. The van der Waals surface area contributed by atoms with Gasteiger partial charge in [-0.05, 0) is 79.4 Å². The number of likely N-dealkylation sites (tertiary alicyclic amines) is 1. The quantitative estimate of drug-likeness (QED) is 0.214. The normalized spacial score (nSPS) is 30.0. The molecule has 0 bridgehead atoms. The number of fused-ring (bicyclic) bond motifs is 1. The highest BCUT2D eigenvalue weighted by molar-refractivity contribution is 6.36. The molecule has 300 valence electrons. The summed E-state index contributed by atoms with van der Waals surface area (Å²) in [5, 5.41) is 3.60. The number of hydrogen-bond donors (Lipinski definition) is 2. The van der Waals surface area contributed by atoms with Gasteiger partial charge in [-0.2, -0.15) is 0 Å². The van der Waals surface area contributed by atoms with E-state index in [4.69, 9.17) is 5.73 Å². The molecule has 0 aromatic heterocycles. The number of nitrogens with zero attached hydrogens (tertiary/aromatic N) is 2. The van der Waals surface area contributed by atoms with Crippen LogP contribution in [0.4, 0.5) is 0 Å². The Hall–Kier alpha value is -2.62. The van der Waals surface area contributed by atoms with E-state index in [0.29, 0.717) is 38.4 Å². The number of primary amides is 1. The number of carbonyl (C=O) groups is 6. The minimum absolute atomic E-state index is 0.0355. The van der Waals surface area contributed by atoms with Crippen molar-refractivity contribution in [1.82, 2.24) is 15.1 Å². The summed E-state index contributed by atoms with van der Waals surface area (Å²) in [6.45, 7) is 13.2. The van der Waals surface area contributed by atoms with Crippen LogP contribution in [0.3, 0.4) is 0 Å². The van der Waals surface area contributed by atoms with Crippen LogP contribution < -0.4 is 11.1 Å². The Kier molecular flexibility index (Phi) is 10.6. The van der Waals surface area contributed by atoms with Gasteiger partial charge in [0.25, 0.3) is 5.91 Å². The van der Waals surface area contributed by atoms with E-state index in [1.165, 1.54) is 0 Å². The molecule has 3 spiro atoms. The molecule has 10 heteroatoms. The molecule has 0 radical (unpaired) electrons. The number of amides is 3. The zero-order valence-corrected chi connectivity index (χ0v) is 33.9. The van der Waals surface area contributed by atoms with Gasteiger partial charge in [0, 0.05) is 74.1 Å². The van der Waals surface area contributed by atoms with Gasteiger partial charge in [0.05, 0.1) is 6.04 Å². The molecule has 2 saturated heterocycles. The van der Waals surface area contributed by atoms with Crippen LogP contribution >= 0.6 is 0 Å². The van der Waals surface area contributed by atoms with E-state index >= 15 is 4.79 Å². The Balaban J connectivity index is 1.12. The molecule has 2 heterocycles. The third-order valence-corrected chi connectivity index (χ3v) is 16.7. The maximum Gasteiger partial charge on any atom is 0.285 e. The predicted molar refractivity (Wildman–Crippen MR) is 206 cm³/mol. The Labute approximate surface area is 323 Å². The number of nitrogens with two attached hydrogens (primary N) is 1. The van der Waals surface area contributed by atoms with Gasteiger partial charge in [-0.25, -0.2) is 0 Å². The lowest BCUT2D eigenvalue weighted by molar-refractivity contribution is -0.147. The zero-order valence-electron chi connectivity index (χ0n) is 33.9. The second-order valence-corrected chi connectivity index (χ2v) is 20.8. The van der Waals surface area contributed by atoms with Crippen LogP contribution in [-0.2, 0) is 28.8 Å². The first-order chi connectivity index (χ1) is 25.4. The highest BCUT2D eigenvalue weighted by Gasteiger charge is 2.85. The zero-order chi connectivity index (χ0) is 38.8. The number of piperazine rings is 1. The first-order valence-electron chi connectivity index (χ1n) is 21.7. The van der Waals surface area contributed by atoms with E-state index < -0.39 is 35.0 Å². The van der Waals surface area contributed by atoms with Crippen LogP contribution in [0.5, 0.6) is 0 Å². The molecule has 54 heavy (non-hydrogen) atoms. The summed E-state index contributed by atoms with van der Waals surface area (Å²) in [7, 11) is 0. The summed E-state index contributed by atoms with van der Waals surface area (Å²) in [5.74, 6) is -3.27. The Bertz CT molecular complexity index is 1530. The van der Waals surface area contributed by atoms with Crippen molar-refractivity contribution in [2.45, 2.75) is 162 Å². The lowest BCUT2D eigenvalue weighted by Crippen LogP contribution is -2.56. The van der Waals surface area contributed by atoms with Gasteiger partial charge in [0.15, 0.2) is 5.78 Å². The second-order valence-electron chi connectivity index (χ2n) is 20.8. The van der Waals surface area contributed by atoms with Gasteiger partial charge in [-0.15, -0.1) is 0 Å². The minimum Gasteiger partial charge on any atom is -0.363 e. The van der Waals surface area contributed by atoms with E-state index in [-0.39, 0.29) is 76.3 Å². The van der Waals surface area contributed by atoms with Crippen molar-refractivity contribution in [2.75, 3.05) is 26.2 Å². The van der Waals surface area contributed by atoms with Crippen LogP contribution in [0.2, 0.25) is 0 Å². The van der Waals surface area contributed by atoms with E-state index in [1.807, 2.05) is 25.7 Å². The molecule has 0 aromatic rings. The molecule has 7 fully saturated rings. The van der Waals surface area contributed by atoms with Gasteiger partial charge in [-0.3, -0.25) is 28.8 Å². The molecule has 3 amide bonds. The highest BCUT2D eigenvalue weighted by Crippen LogP contribution is 2.88.